The molecule has 0 saturated carbocycles. The Morgan fingerprint density at radius 2 is 2.00 bits per heavy atom. The Kier molecular flexibility index (Phi) is 6.78. The maximum atomic E-state index is 6.18. The van der Waals surface area contributed by atoms with E-state index in [1.165, 1.54) is 24.1 Å². The number of nitrogens with two attached hydrogens (primary N) is 1. The van der Waals surface area contributed by atoms with E-state index in [0.29, 0.717) is 0 Å². The summed E-state index contributed by atoms with van der Waals surface area (Å²) in [6.45, 7) is 13.1. The molecular weight excluding hydrogens is 322 g/mol. The SMILES string of the molecule is Cc1cccc(N2CCN(CCCN=C(N)N3CCCC(C)C3)CC2)c1. The van der Waals surface area contributed by atoms with Crippen LogP contribution in [0.25, 0.3) is 0 Å². The molecular formula is C21H35N5. The Balaban J connectivity index is 1.35. The van der Waals surface area contributed by atoms with Gasteiger partial charge in [-0.05, 0) is 49.8 Å². The number of benzene rings is 1. The average Bonchev–Trinajstić information content (AvgIpc) is 2.65. The van der Waals surface area contributed by atoms with E-state index in [2.05, 4.69) is 57.8 Å². The Hall–Kier alpha value is -1.75. The molecule has 1 unspecified atom stereocenters. The van der Waals surface area contributed by atoms with Gasteiger partial charge in [0.15, 0.2) is 5.96 Å². The van der Waals surface area contributed by atoms with Crippen LogP contribution in [0.1, 0.15) is 31.7 Å². The van der Waals surface area contributed by atoms with Gasteiger partial charge < -0.3 is 15.5 Å². The van der Waals surface area contributed by atoms with Gasteiger partial charge in [0.05, 0.1) is 0 Å². The highest BCUT2D eigenvalue weighted by molar-refractivity contribution is 5.78. The van der Waals surface area contributed by atoms with Crippen LogP contribution in [-0.2, 0) is 0 Å². The first-order valence-corrected chi connectivity index (χ1v) is 10.2. The van der Waals surface area contributed by atoms with Gasteiger partial charge in [0.25, 0.3) is 0 Å². The van der Waals surface area contributed by atoms with Gasteiger partial charge in [0.1, 0.15) is 0 Å². The summed E-state index contributed by atoms with van der Waals surface area (Å²) >= 11 is 0. The number of hydrogen-bond donors (Lipinski definition) is 1. The summed E-state index contributed by atoms with van der Waals surface area (Å²) in [4.78, 5) is 11.9. The molecule has 2 fully saturated rings. The number of guanidine groups is 1. The van der Waals surface area contributed by atoms with Crippen LogP contribution >= 0.6 is 0 Å². The summed E-state index contributed by atoms with van der Waals surface area (Å²) in [6.07, 6.45) is 3.65. The zero-order valence-electron chi connectivity index (χ0n) is 16.5. The van der Waals surface area contributed by atoms with Gasteiger partial charge in [-0.3, -0.25) is 9.89 Å². The summed E-state index contributed by atoms with van der Waals surface area (Å²) in [5, 5.41) is 0. The Morgan fingerprint density at radius 3 is 2.73 bits per heavy atom. The molecule has 2 aliphatic rings. The van der Waals surface area contributed by atoms with Crippen molar-refractivity contribution in [2.45, 2.75) is 33.1 Å². The molecule has 0 radical (unpaired) electrons. The highest BCUT2D eigenvalue weighted by Gasteiger charge is 2.18. The normalized spacial score (nSPS) is 22.7. The third-order valence-corrected chi connectivity index (χ3v) is 5.63. The molecule has 5 nitrogen and oxygen atoms in total. The lowest BCUT2D eigenvalue weighted by molar-refractivity contribution is 0.255. The summed E-state index contributed by atoms with van der Waals surface area (Å²) in [5.41, 5.74) is 8.88. The molecule has 3 rings (SSSR count). The van der Waals surface area contributed by atoms with Crippen LogP contribution in [0.5, 0.6) is 0 Å². The standard InChI is InChI=1S/C21H35N5/c1-18-6-3-8-20(16-18)25-14-12-24(13-15-25)10-5-9-23-21(22)26-11-4-7-19(2)17-26/h3,6,8,16,19H,4-5,7,9-15,17H2,1-2H3,(H2,22,23). The molecule has 5 heteroatoms. The summed E-state index contributed by atoms with van der Waals surface area (Å²) in [5.74, 6) is 1.49. The van der Waals surface area contributed by atoms with E-state index in [1.54, 1.807) is 0 Å². The molecule has 2 N–H and O–H groups in total. The van der Waals surface area contributed by atoms with Crippen LogP contribution in [-0.4, -0.2) is 68.1 Å². The zero-order chi connectivity index (χ0) is 18.4. The molecule has 2 saturated heterocycles. The largest absolute Gasteiger partial charge is 0.370 e. The minimum atomic E-state index is 0.738. The van der Waals surface area contributed by atoms with Crippen LogP contribution in [0.15, 0.2) is 29.3 Å². The monoisotopic (exact) mass is 357 g/mol. The molecule has 0 bridgehead atoms. The van der Waals surface area contributed by atoms with Gasteiger partial charge in [-0.15, -0.1) is 0 Å². The summed E-state index contributed by atoms with van der Waals surface area (Å²) in [6, 6.07) is 8.83. The van der Waals surface area contributed by atoms with E-state index in [4.69, 9.17) is 5.73 Å². The highest BCUT2D eigenvalue weighted by atomic mass is 15.3. The van der Waals surface area contributed by atoms with Gasteiger partial charge in [-0.1, -0.05) is 19.1 Å². The number of aryl methyl sites for hydroxylation is 1. The average molecular weight is 358 g/mol. The first-order chi connectivity index (χ1) is 12.6. The third kappa shape index (κ3) is 5.37. The number of nitrogens with zero attached hydrogens (tertiary/aromatic N) is 4. The van der Waals surface area contributed by atoms with E-state index < -0.39 is 0 Å². The molecule has 2 aliphatic heterocycles. The topological polar surface area (TPSA) is 48.1 Å². The lowest BCUT2D eigenvalue weighted by atomic mass is 10.0. The molecule has 1 aromatic rings. The van der Waals surface area contributed by atoms with Crippen molar-refractivity contribution in [1.82, 2.24) is 9.80 Å². The van der Waals surface area contributed by atoms with Crippen molar-refractivity contribution in [3.8, 4) is 0 Å². The van der Waals surface area contributed by atoms with Crippen molar-refractivity contribution in [3.63, 3.8) is 0 Å². The maximum Gasteiger partial charge on any atom is 0.191 e. The number of aliphatic imine (C=N–C) groups is 1. The maximum absolute atomic E-state index is 6.18. The molecule has 0 aliphatic carbocycles. The van der Waals surface area contributed by atoms with Crippen LogP contribution in [0, 0.1) is 12.8 Å². The molecule has 1 atom stereocenters. The first kappa shape index (κ1) is 19.0. The van der Waals surface area contributed by atoms with E-state index in [9.17, 15) is 0 Å². The second kappa shape index (κ2) is 9.26. The quantitative estimate of drug-likeness (QED) is 0.500. The van der Waals surface area contributed by atoms with Crippen molar-refractivity contribution in [1.29, 1.82) is 0 Å². The fourth-order valence-corrected chi connectivity index (χ4v) is 4.04. The van der Waals surface area contributed by atoms with E-state index >= 15 is 0 Å². The lowest BCUT2D eigenvalue weighted by Gasteiger charge is -2.36. The molecule has 0 amide bonds. The number of hydrogen-bond acceptors (Lipinski definition) is 3. The van der Waals surface area contributed by atoms with E-state index in [0.717, 1.165) is 70.7 Å². The number of piperidine rings is 1. The predicted octanol–water partition coefficient (Wildman–Crippen LogP) is 2.55. The third-order valence-electron chi connectivity index (χ3n) is 5.63. The van der Waals surface area contributed by atoms with E-state index in [-0.39, 0.29) is 0 Å². The summed E-state index contributed by atoms with van der Waals surface area (Å²) < 4.78 is 0. The van der Waals surface area contributed by atoms with Crippen LogP contribution in [0.3, 0.4) is 0 Å². The second-order valence-electron chi connectivity index (χ2n) is 7.95. The molecule has 0 spiro atoms. The molecule has 144 valence electrons. The minimum absolute atomic E-state index is 0.738. The number of rotatable bonds is 5. The zero-order valence-corrected chi connectivity index (χ0v) is 16.5. The second-order valence-corrected chi connectivity index (χ2v) is 7.95. The summed E-state index contributed by atoms with van der Waals surface area (Å²) in [7, 11) is 0. The number of likely N-dealkylation sites (tertiary alicyclic amines) is 1. The minimum Gasteiger partial charge on any atom is -0.370 e. The first-order valence-electron chi connectivity index (χ1n) is 10.2. The predicted molar refractivity (Wildman–Crippen MR) is 111 cm³/mol. The van der Waals surface area contributed by atoms with Crippen molar-refractivity contribution in [3.05, 3.63) is 29.8 Å². The molecule has 2 heterocycles. The lowest BCUT2D eigenvalue weighted by Crippen LogP contribution is -2.46. The van der Waals surface area contributed by atoms with Gasteiger partial charge in [0, 0.05) is 58.0 Å². The van der Waals surface area contributed by atoms with Crippen molar-refractivity contribution < 1.29 is 0 Å². The van der Waals surface area contributed by atoms with Crippen molar-refractivity contribution in [2.75, 3.05) is 57.3 Å². The molecule has 1 aromatic carbocycles. The molecule has 0 aromatic heterocycles. The van der Waals surface area contributed by atoms with E-state index in [1.807, 2.05) is 0 Å². The Bertz CT molecular complexity index is 592. The number of anilines is 1. The fraction of sp³-hybridized carbons (Fsp3) is 0.667. The van der Waals surface area contributed by atoms with Crippen LogP contribution < -0.4 is 10.6 Å². The fourth-order valence-electron chi connectivity index (χ4n) is 4.04. The van der Waals surface area contributed by atoms with Gasteiger partial charge in [-0.2, -0.15) is 0 Å². The molecule has 26 heavy (non-hydrogen) atoms. The van der Waals surface area contributed by atoms with Gasteiger partial charge >= 0.3 is 0 Å². The van der Waals surface area contributed by atoms with Crippen molar-refractivity contribution in [2.24, 2.45) is 16.6 Å². The Labute approximate surface area is 158 Å². The van der Waals surface area contributed by atoms with Gasteiger partial charge in [0.2, 0.25) is 0 Å². The van der Waals surface area contributed by atoms with Crippen molar-refractivity contribution >= 4 is 11.6 Å². The number of piperazine rings is 1. The van der Waals surface area contributed by atoms with Crippen LogP contribution in [0.2, 0.25) is 0 Å². The van der Waals surface area contributed by atoms with Crippen LogP contribution in [0.4, 0.5) is 5.69 Å². The van der Waals surface area contributed by atoms with Gasteiger partial charge in [-0.25, -0.2) is 0 Å². The Morgan fingerprint density at radius 1 is 1.19 bits per heavy atom. The smallest absolute Gasteiger partial charge is 0.191 e. The highest BCUT2D eigenvalue weighted by Crippen LogP contribution is 2.18.